The first-order valence-electron chi connectivity index (χ1n) is 8.89. The molecule has 1 aromatic carbocycles. The Labute approximate surface area is 163 Å². The Balaban J connectivity index is 1.55. The van der Waals surface area contributed by atoms with Gasteiger partial charge in [-0.2, -0.15) is 4.31 Å². The number of nitrogens with one attached hydrogen (secondary N) is 2. The molecule has 2 N–H and O–H groups in total. The van der Waals surface area contributed by atoms with Crippen LogP contribution >= 0.6 is 0 Å². The number of piperidine rings is 1. The zero-order chi connectivity index (χ0) is 20.3. The number of carbonyl (C=O) groups is 2. The maximum Gasteiger partial charge on any atom is 0.269 e. The van der Waals surface area contributed by atoms with Crippen LogP contribution in [0.5, 0.6) is 0 Å². The van der Waals surface area contributed by atoms with Crippen molar-refractivity contribution in [3.05, 3.63) is 47.3 Å². The lowest BCUT2D eigenvalue weighted by Gasteiger charge is -2.30. The summed E-state index contributed by atoms with van der Waals surface area (Å²) in [4.78, 5) is 24.4. The second-order valence-corrected chi connectivity index (χ2v) is 8.52. The van der Waals surface area contributed by atoms with E-state index in [9.17, 15) is 18.0 Å². The molecule has 2 amide bonds. The van der Waals surface area contributed by atoms with Gasteiger partial charge >= 0.3 is 0 Å². The molecule has 2 aromatic rings. The molecule has 0 radical (unpaired) electrons. The minimum Gasteiger partial charge on any atom is -0.360 e. The van der Waals surface area contributed by atoms with Crippen LogP contribution in [0.15, 0.2) is 39.8 Å². The summed E-state index contributed by atoms with van der Waals surface area (Å²) in [5, 5.41) is 3.70. The SMILES string of the molecule is Cc1noc(C)c1S(=O)(=O)N1CCC(C(=O)NNC(=O)c2ccccc2)CC1. The number of hydrazine groups is 1. The number of aromatic nitrogens is 1. The van der Waals surface area contributed by atoms with Gasteiger partial charge in [-0.25, -0.2) is 8.42 Å². The van der Waals surface area contributed by atoms with E-state index in [1.54, 1.807) is 44.2 Å². The maximum absolute atomic E-state index is 12.8. The third-order valence-electron chi connectivity index (χ3n) is 4.73. The number of hydrogen-bond donors (Lipinski definition) is 2. The molecule has 9 nitrogen and oxygen atoms in total. The van der Waals surface area contributed by atoms with Crippen molar-refractivity contribution in [2.75, 3.05) is 13.1 Å². The number of benzene rings is 1. The highest BCUT2D eigenvalue weighted by molar-refractivity contribution is 7.89. The second kappa shape index (κ2) is 8.11. The molecule has 0 spiro atoms. The molecular formula is C18H22N4O5S. The van der Waals surface area contributed by atoms with Crippen LogP contribution in [0.4, 0.5) is 0 Å². The minimum absolute atomic E-state index is 0.0884. The van der Waals surface area contributed by atoms with E-state index in [0.29, 0.717) is 24.1 Å². The van der Waals surface area contributed by atoms with Gasteiger partial charge in [0.15, 0.2) is 5.76 Å². The smallest absolute Gasteiger partial charge is 0.269 e. The molecule has 2 heterocycles. The van der Waals surface area contributed by atoms with Crippen molar-refractivity contribution in [3.8, 4) is 0 Å². The summed E-state index contributed by atoms with van der Waals surface area (Å²) in [5.74, 6) is -0.876. The van der Waals surface area contributed by atoms with Crippen LogP contribution < -0.4 is 10.9 Å². The number of rotatable bonds is 4. The molecule has 0 aliphatic carbocycles. The van der Waals surface area contributed by atoms with E-state index in [1.165, 1.54) is 4.31 Å². The van der Waals surface area contributed by atoms with Crippen molar-refractivity contribution < 1.29 is 22.5 Å². The van der Waals surface area contributed by atoms with Crippen LogP contribution in [0, 0.1) is 19.8 Å². The molecule has 1 aliphatic heterocycles. The largest absolute Gasteiger partial charge is 0.360 e. The standard InChI is InChI=1S/C18H22N4O5S/c1-12-16(13(2)27-21-12)28(25,26)22-10-8-15(9-11-22)18(24)20-19-17(23)14-6-4-3-5-7-14/h3-7,15H,8-11H2,1-2H3,(H,19,23)(H,20,24). The summed E-state index contributed by atoms with van der Waals surface area (Å²) in [5.41, 5.74) is 5.56. The van der Waals surface area contributed by atoms with Crippen LogP contribution in [-0.4, -0.2) is 42.8 Å². The fourth-order valence-corrected chi connectivity index (χ4v) is 4.97. The van der Waals surface area contributed by atoms with Gasteiger partial charge in [0, 0.05) is 24.6 Å². The van der Waals surface area contributed by atoms with E-state index in [1.807, 2.05) is 0 Å². The average Bonchev–Trinajstić information content (AvgIpc) is 3.05. The monoisotopic (exact) mass is 406 g/mol. The molecule has 1 aliphatic rings. The Morgan fingerprint density at radius 3 is 2.32 bits per heavy atom. The molecule has 10 heteroatoms. The van der Waals surface area contributed by atoms with Crippen LogP contribution in [0.2, 0.25) is 0 Å². The summed E-state index contributed by atoms with van der Waals surface area (Å²) < 4.78 is 31.9. The fourth-order valence-electron chi connectivity index (χ4n) is 3.21. The molecule has 1 aromatic heterocycles. The Kier molecular flexibility index (Phi) is 5.80. The summed E-state index contributed by atoms with van der Waals surface area (Å²) in [6, 6.07) is 8.52. The number of aryl methyl sites for hydroxylation is 2. The molecule has 0 saturated carbocycles. The van der Waals surface area contributed by atoms with Crippen LogP contribution in [0.1, 0.15) is 34.7 Å². The first-order valence-corrected chi connectivity index (χ1v) is 10.3. The predicted molar refractivity (Wildman–Crippen MR) is 99.5 cm³/mol. The number of nitrogens with zero attached hydrogens (tertiary/aromatic N) is 2. The highest BCUT2D eigenvalue weighted by Gasteiger charge is 2.35. The molecule has 1 saturated heterocycles. The molecule has 150 valence electrons. The van der Waals surface area contributed by atoms with Gasteiger partial charge in [0.2, 0.25) is 15.9 Å². The van der Waals surface area contributed by atoms with E-state index < -0.39 is 15.9 Å². The lowest BCUT2D eigenvalue weighted by Crippen LogP contribution is -2.48. The summed E-state index contributed by atoms with van der Waals surface area (Å²) in [6.45, 7) is 3.55. The Hall–Kier alpha value is -2.72. The van der Waals surface area contributed by atoms with Crippen LogP contribution in [0.3, 0.4) is 0 Å². The lowest BCUT2D eigenvalue weighted by atomic mass is 9.98. The molecule has 0 atom stereocenters. The number of amides is 2. The highest BCUT2D eigenvalue weighted by Crippen LogP contribution is 2.27. The summed E-state index contributed by atoms with van der Waals surface area (Å²) in [6.07, 6.45) is 0.714. The Morgan fingerprint density at radius 1 is 1.11 bits per heavy atom. The van der Waals surface area contributed by atoms with Gasteiger partial charge in [-0.1, -0.05) is 23.4 Å². The molecule has 0 unspecified atom stereocenters. The molecule has 1 fully saturated rings. The van der Waals surface area contributed by atoms with Gasteiger partial charge in [-0.15, -0.1) is 0 Å². The zero-order valence-electron chi connectivity index (χ0n) is 15.6. The predicted octanol–water partition coefficient (Wildman–Crippen LogP) is 1.15. The third-order valence-corrected chi connectivity index (χ3v) is 6.87. The third kappa shape index (κ3) is 4.07. The topological polar surface area (TPSA) is 122 Å². The second-order valence-electron chi connectivity index (χ2n) is 6.64. The number of sulfonamides is 1. The van der Waals surface area contributed by atoms with Crippen LogP contribution in [-0.2, 0) is 14.8 Å². The summed E-state index contributed by atoms with van der Waals surface area (Å²) in [7, 11) is -3.72. The zero-order valence-corrected chi connectivity index (χ0v) is 16.5. The van der Waals surface area contributed by atoms with E-state index in [-0.39, 0.29) is 35.6 Å². The lowest BCUT2D eigenvalue weighted by molar-refractivity contribution is -0.126. The molecular weight excluding hydrogens is 384 g/mol. The van der Waals surface area contributed by atoms with Crippen molar-refractivity contribution >= 4 is 21.8 Å². The molecule has 0 bridgehead atoms. The van der Waals surface area contributed by atoms with Crippen molar-refractivity contribution in [1.82, 2.24) is 20.3 Å². The normalized spacial score (nSPS) is 15.9. The maximum atomic E-state index is 12.8. The van der Waals surface area contributed by atoms with Crippen molar-refractivity contribution in [3.63, 3.8) is 0 Å². The van der Waals surface area contributed by atoms with Crippen molar-refractivity contribution in [1.29, 1.82) is 0 Å². The van der Waals surface area contributed by atoms with Gasteiger partial charge in [0.05, 0.1) is 0 Å². The Bertz CT molecular complexity index is 944. The van der Waals surface area contributed by atoms with Crippen molar-refractivity contribution in [2.45, 2.75) is 31.6 Å². The van der Waals surface area contributed by atoms with Gasteiger partial charge in [0.1, 0.15) is 10.6 Å². The number of carbonyl (C=O) groups excluding carboxylic acids is 2. The van der Waals surface area contributed by atoms with Gasteiger partial charge in [-0.05, 0) is 38.8 Å². The fraction of sp³-hybridized carbons (Fsp3) is 0.389. The van der Waals surface area contributed by atoms with Crippen molar-refractivity contribution in [2.24, 2.45) is 5.92 Å². The molecule has 28 heavy (non-hydrogen) atoms. The first-order chi connectivity index (χ1) is 13.3. The van der Waals surface area contributed by atoms with E-state index in [0.717, 1.165) is 0 Å². The Morgan fingerprint density at radius 2 is 1.75 bits per heavy atom. The number of hydrogen-bond acceptors (Lipinski definition) is 6. The summed E-state index contributed by atoms with van der Waals surface area (Å²) >= 11 is 0. The molecule has 3 rings (SSSR count). The first kappa shape index (κ1) is 20.0. The average molecular weight is 406 g/mol. The van der Waals surface area contributed by atoms with Crippen LogP contribution in [0.25, 0.3) is 0 Å². The van der Waals surface area contributed by atoms with E-state index in [2.05, 4.69) is 16.0 Å². The van der Waals surface area contributed by atoms with Gasteiger partial charge in [-0.3, -0.25) is 20.4 Å². The van der Waals surface area contributed by atoms with Gasteiger partial charge in [0.25, 0.3) is 5.91 Å². The highest BCUT2D eigenvalue weighted by atomic mass is 32.2. The van der Waals surface area contributed by atoms with E-state index >= 15 is 0 Å². The van der Waals surface area contributed by atoms with Gasteiger partial charge < -0.3 is 4.52 Å². The van der Waals surface area contributed by atoms with E-state index in [4.69, 9.17) is 4.52 Å². The quantitative estimate of drug-likeness (QED) is 0.735. The minimum atomic E-state index is -3.72.